The van der Waals surface area contributed by atoms with Gasteiger partial charge in [-0.25, -0.2) is 0 Å². The molecule has 1 rings (SSSR count). The molecule has 0 bridgehead atoms. The van der Waals surface area contributed by atoms with Crippen LogP contribution in [0.2, 0.25) is 0 Å². The SMILES string of the molecule is COc1ccc(NC(=O)CCC(=O)O)cc1C. The maximum atomic E-state index is 11.4. The van der Waals surface area contributed by atoms with Crippen LogP contribution in [0.15, 0.2) is 18.2 Å². The molecule has 0 atom stereocenters. The first kappa shape index (κ1) is 13.0. The molecule has 0 aromatic heterocycles. The monoisotopic (exact) mass is 237 g/mol. The fourth-order valence-corrected chi connectivity index (χ4v) is 1.40. The maximum absolute atomic E-state index is 11.4. The summed E-state index contributed by atoms with van der Waals surface area (Å²) >= 11 is 0. The van der Waals surface area contributed by atoms with E-state index < -0.39 is 5.97 Å². The Morgan fingerprint density at radius 3 is 2.59 bits per heavy atom. The largest absolute Gasteiger partial charge is 0.496 e. The first-order valence-electron chi connectivity index (χ1n) is 5.19. The van der Waals surface area contributed by atoms with Gasteiger partial charge < -0.3 is 15.2 Å². The molecular formula is C12H15NO4. The third-order valence-corrected chi connectivity index (χ3v) is 2.24. The summed E-state index contributed by atoms with van der Waals surface area (Å²) in [6, 6.07) is 5.24. The lowest BCUT2D eigenvalue weighted by atomic mass is 10.2. The van der Waals surface area contributed by atoms with Crippen LogP contribution in [-0.4, -0.2) is 24.1 Å². The molecule has 0 saturated heterocycles. The zero-order valence-electron chi connectivity index (χ0n) is 9.82. The summed E-state index contributed by atoms with van der Waals surface area (Å²) in [5, 5.41) is 11.1. The highest BCUT2D eigenvalue weighted by Crippen LogP contribution is 2.21. The molecule has 0 spiro atoms. The van der Waals surface area contributed by atoms with Crippen molar-refractivity contribution in [2.75, 3.05) is 12.4 Å². The molecule has 0 aliphatic rings. The Balaban J connectivity index is 2.60. The molecule has 92 valence electrons. The van der Waals surface area contributed by atoms with Crippen molar-refractivity contribution in [2.24, 2.45) is 0 Å². The molecule has 1 aromatic rings. The second kappa shape index (κ2) is 5.89. The molecular weight excluding hydrogens is 222 g/mol. The summed E-state index contributed by atoms with van der Waals surface area (Å²) in [6.45, 7) is 1.87. The molecule has 0 aliphatic heterocycles. The fraction of sp³-hybridized carbons (Fsp3) is 0.333. The molecule has 1 amide bonds. The minimum absolute atomic E-state index is 0.0274. The highest BCUT2D eigenvalue weighted by Gasteiger charge is 2.06. The van der Waals surface area contributed by atoms with Crippen molar-refractivity contribution in [1.29, 1.82) is 0 Å². The predicted molar refractivity (Wildman–Crippen MR) is 63.2 cm³/mol. The Morgan fingerprint density at radius 1 is 1.35 bits per heavy atom. The summed E-state index contributed by atoms with van der Waals surface area (Å²) in [6.07, 6.45) is -0.193. The van der Waals surface area contributed by atoms with E-state index in [1.807, 2.05) is 6.92 Å². The summed E-state index contributed by atoms with van der Waals surface area (Å²) < 4.78 is 5.09. The van der Waals surface area contributed by atoms with E-state index in [1.165, 1.54) is 0 Å². The van der Waals surface area contributed by atoms with E-state index in [0.29, 0.717) is 5.69 Å². The van der Waals surface area contributed by atoms with Crippen molar-refractivity contribution in [3.8, 4) is 5.75 Å². The molecule has 0 radical (unpaired) electrons. The number of aliphatic carboxylic acids is 1. The number of carboxylic acids is 1. The second-order valence-corrected chi connectivity index (χ2v) is 3.63. The van der Waals surface area contributed by atoms with Crippen LogP contribution in [0.5, 0.6) is 5.75 Å². The number of rotatable bonds is 5. The fourth-order valence-electron chi connectivity index (χ4n) is 1.40. The molecule has 5 heteroatoms. The van der Waals surface area contributed by atoms with Crippen molar-refractivity contribution < 1.29 is 19.4 Å². The predicted octanol–water partition coefficient (Wildman–Crippen LogP) is 1.81. The molecule has 0 heterocycles. The maximum Gasteiger partial charge on any atom is 0.303 e. The number of aryl methyl sites for hydroxylation is 1. The topological polar surface area (TPSA) is 75.6 Å². The first-order chi connectivity index (χ1) is 8.02. The van der Waals surface area contributed by atoms with Gasteiger partial charge in [0.05, 0.1) is 13.5 Å². The molecule has 0 saturated carbocycles. The van der Waals surface area contributed by atoms with E-state index in [9.17, 15) is 9.59 Å². The van der Waals surface area contributed by atoms with Crippen LogP contribution in [0, 0.1) is 6.92 Å². The highest BCUT2D eigenvalue weighted by molar-refractivity contribution is 5.92. The molecule has 2 N–H and O–H groups in total. The third kappa shape index (κ3) is 4.14. The molecule has 5 nitrogen and oxygen atoms in total. The molecule has 0 fully saturated rings. The van der Waals surface area contributed by atoms with E-state index in [2.05, 4.69) is 5.32 Å². The third-order valence-electron chi connectivity index (χ3n) is 2.24. The highest BCUT2D eigenvalue weighted by atomic mass is 16.5. The van der Waals surface area contributed by atoms with Gasteiger partial charge in [0.2, 0.25) is 5.91 Å². The molecule has 0 aliphatic carbocycles. The van der Waals surface area contributed by atoms with Crippen molar-refractivity contribution in [3.63, 3.8) is 0 Å². The average Bonchev–Trinajstić information content (AvgIpc) is 2.26. The Morgan fingerprint density at radius 2 is 2.06 bits per heavy atom. The Bertz CT molecular complexity index is 429. The molecule has 17 heavy (non-hydrogen) atoms. The number of anilines is 1. The normalized spacial score (nSPS) is 9.76. The van der Waals surface area contributed by atoms with Crippen molar-refractivity contribution in [2.45, 2.75) is 19.8 Å². The summed E-state index contributed by atoms with van der Waals surface area (Å²) in [7, 11) is 1.58. The number of carbonyl (C=O) groups is 2. The Hall–Kier alpha value is -2.04. The van der Waals surface area contributed by atoms with Gasteiger partial charge in [-0.1, -0.05) is 0 Å². The average molecular weight is 237 g/mol. The number of ether oxygens (including phenoxy) is 1. The van der Waals surface area contributed by atoms with Crippen LogP contribution in [0.3, 0.4) is 0 Å². The van der Waals surface area contributed by atoms with E-state index in [1.54, 1.807) is 25.3 Å². The number of benzene rings is 1. The van der Waals surface area contributed by atoms with Crippen LogP contribution in [0.4, 0.5) is 5.69 Å². The van der Waals surface area contributed by atoms with Gasteiger partial charge in [-0.05, 0) is 30.7 Å². The van der Waals surface area contributed by atoms with E-state index in [4.69, 9.17) is 9.84 Å². The van der Waals surface area contributed by atoms with E-state index in [-0.39, 0.29) is 18.7 Å². The van der Waals surface area contributed by atoms with Crippen LogP contribution in [0.25, 0.3) is 0 Å². The van der Waals surface area contributed by atoms with Gasteiger partial charge in [0, 0.05) is 12.1 Å². The van der Waals surface area contributed by atoms with E-state index >= 15 is 0 Å². The lowest BCUT2D eigenvalue weighted by Crippen LogP contribution is -2.13. The first-order valence-corrected chi connectivity index (χ1v) is 5.19. The zero-order chi connectivity index (χ0) is 12.8. The Labute approximate surface area is 99.4 Å². The standard InChI is InChI=1S/C12H15NO4/c1-8-7-9(3-4-10(8)17-2)13-11(14)5-6-12(15)16/h3-4,7H,5-6H2,1-2H3,(H,13,14)(H,15,16). The number of hydrogen-bond donors (Lipinski definition) is 2. The number of nitrogens with one attached hydrogen (secondary N) is 1. The van der Waals surface area contributed by atoms with E-state index in [0.717, 1.165) is 11.3 Å². The summed E-state index contributed by atoms with van der Waals surface area (Å²) in [5.41, 5.74) is 1.54. The summed E-state index contributed by atoms with van der Waals surface area (Å²) in [4.78, 5) is 21.7. The number of hydrogen-bond acceptors (Lipinski definition) is 3. The summed E-state index contributed by atoms with van der Waals surface area (Å²) in [5.74, 6) is -0.545. The van der Waals surface area contributed by atoms with Gasteiger partial charge in [0.1, 0.15) is 5.75 Å². The van der Waals surface area contributed by atoms with Gasteiger partial charge in [0.15, 0.2) is 0 Å². The number of methoxy groups -OCH3 is 1. The number of amides is 1. The lowest BCUT2D eigenvalue weighted by molar-refractivity contribution is -0.138. The van der Waals surface area contributed by atoms with Gasteiger partial charge in [-0.15, -0.1) is 0 Å². The van der Waals surface area contributed by atoms with Crippen LogP contribution < -0.4 is 10.1 Å². The number of carbonyl (C=O) groups excluding carboxylic acids is 1. The van der Waals surface area contributed by atoms with Crippen LogP contribution >= 0.6 is 0 Å². The van der Waals surface area contributed by atoms with Gasteiger partial charge >= 0.3 is 5.97 Å². The quantitative estimate of drug-likeness (QED) is 0.818. The minimum Gasteiger partial charge on any atom is -0.496 e. The van der Waals surface area contributed by atoms with Crippen molar-refractivity contribution in [1.82, 2.24) is 0 Å². The molecule has 1 aromatic carbocycles. The molecule has 0 unspecified atom stereocenters. The smallest absolute Gasteiger partial charge is 0.303 e. The van der Waals surface area contributed by atoms with Gasteiger partial charge in [0.25, 0.3) is 0 Å². The lowest BCUT2D eigenvalue weighted by Gasteiger charge is -2.08. The van der Waals surface area contributed by atoms with Crippen molar-refractivity contribution >= 4 is 17.6 Å². The van der Waals surface area contributed by atoms with Gasteiger partial charge in [-0.2, -0.15) is 0 Å². The van der Waals surface area contributed by atoms with Crippen LogP contribution in [0.1, 0.15) is 18.4 Å². The minimum atomic E-state index is -0.980. The Kier molecular flexibility index (Phi) is 4.51. The van der Waals surface area contributed by atoms with Crippen molar-refractivity contribution in [3.05, 3.63) is 23.8 Å². The van der Waals surface area contributed by atoms with Crippen LogP contribution in [-0.2, 0) is 9.59 Å². The number of carboxylic acid groups (broad SMARTS) is 1. The van der Waals surface area contributed by atoms with Gasteiger partial charge in [-0.3, -0.25) is 9.59 Å². The second-order valence-electron chi connectivity index (χ2n) is 3.63. The zero-order valence-corrected chi connectivity index (χ0v) is 9.82.